The third kappa shape index (κ3) is 5.41. The van der Waals surface area contributed by atoms with E-state index in [-0.39, 0.29) is 11.7 Å². The molecule has 28 heavy (non-hydrogen) atoms. The molecule has 1 aliphatic rings. The summed E-state index contributed by atoms with van der Waals surface area (Å²) in [6, 6.07) is 14.8. The smallest absolute Gasteiger partial charge is 0.251 e. The second kappa shape index (κ2) is 8.86. The van der Waals surface area contributed by atoms with Gasteiger partial charge >= 0.3 is 0 Å². The Morgan fingerprint density at radius 2 is 1.50 bits per heavy atom. The molecule has 2 aromatic rings. The van der Waals surface area contributed by atoms with Gasteiger partial charge in [0.2, 0.25) is 10.0 Å². The highest BCUT2D eigenvalue weighted by Crippen LogP contribution is 2.14. The van der Waals surface area contributed by atoms with Gasteiger partial charge in [0, 0.05) is 38.3 Å². The number of hydrogen-bond acceptors (Lipinski definition) is 4. The summed E-state index contributed by atoms with van der Waals surface area (Å²) in [7, 11) is -1.34. The molecule has 0 atom stereocenters. The van der Waals surface area contributed by atoms with Gasteiger partial charge in [-0.25, -0.2) is 8.42 Å². The molecule has 2 aromatic carbocycles. The van der Waals surface area contributed by atoms with Crippen LogP contribution < -0.4 is 5.32 Å². The number of rotatable bonds is 6. The molecule has 0 radical (unpaired) electrons. The van der Waals surface area contributed by atoms with E-state index in [0.29, 0.717) is 30.8 Å². The number of nitrogens with zero attached hydrogens (tertiary/aromatic N) is 2. The van der Waals surface area contributed by atoms with Gasteiger partial charge in [0.05, 0.1) is 5.75 Å². The van der Waals surface area contributed by atoms with Crippen LogP contribution in [0.5, 0.6) is 0 Å². The summed E-state index contributed by atoms with van der Waals surface area (Å²) in [5.41, 5.74) is 3.42. The number of likely N-dealkylation sites (N-methyl/N-ethyl adjacent to an activating group) is 1. The molecule has 0 aromatic heterocycles. The van der Waals surface area contributed by atoms with E-state index in [1.807, 2.05) is 38.2 Å². The molecule has 1 amide bonds. The van der Waals surface area contributed by atoms with Gasteiger partial charge in [0.15, 0.2) is 0 Å². The SMILES string of the molecule is Cc1ccc(CNC(=O)c2ccc(CS(=O)(=O)N3CCN(C)CC3)cc2)cc1. The second-order valence-electron chi connectivity index (χ2n) is 7.32. The van der Waals surface area contributed by atoms with Crippen LogP contribution in [0.2, 0.25) is 0 Å². The Labute approximate surface area is 167 Å². The molecule has 0 spiro atoms. The molecule has 3 rings (SSSR count). The fourth-order valence-corrected chi connectivity index (χ4v) is 4.63. The Balaban J connectivity index is 1.56. The van der Waals surface area contributed by atoms with E-state index >= 15 is 0 Å². The van der Waals surface area contributed by atoms with E-state index < -0.39 is 10.0 Å². The molecule has 0 bridgehead atoms. The zero-order valence-corrected chi connectivity index (χ0v) is 17.2. The predicted molar refractivity (Wildman–Crippen MR) is 110 cm³/mol. The maximum atomic E-state index is 12.6. The maximum absolute atomic E-state index is 12.6. The van der Waals surface area contributed by atoms with E-state index in [1.54, 1.807) is 28.6 Å². The van der Waals surface area contributed by atoms with Crippen LogP contribution in [0.4, 0.5) is 0 Å². The number of carbonyl (C=O) groups is 1. The average Bonchev–Trinajstić information content (AvgIpc) is 2.68. The molecule has 150 valence electrons. The lowest BCUT2D eigenvalue weighted by molar-refractivity contribution is 0.0951. The van der Waals surface area contributed by atoms with Gasteiger partial charge in [-0.15, -0.1) is 0 Å². The topological polar surface area (TPSA) is 69.7 Å². The van der Waals surface area contributed by atoms with Crippen molar-refractivity contribution >= 4 is 15.9 Å². The highest BCUT2D eigenvalue weighted by molar-refractivity contribution is 7.88. The Kier molecular flexibility index (Phi) is 6.49. The lowest BCUT2D eigenvalue weighted by Gasteiger charge is -2.31. The normalized spacial score (nSPS) is 16.1. The summed E-state index contributed by atoms with van der Waals surface area (Å²) in [5, 5.41) is 2.89. The minimum atomic E-state index is -3.34. The number of hydrogen-bond donors (Lipinski definition) is 1. The first-order chi connectivity index (χ1) is 13.3. The van der Waals surface area contributed by atoms with Crippen LogP contribution >= 0.6 is 0 Å². The summed E-state index contributed by atoms with van der Waals surface area (Å²) in [4.78, 5) is 14.4. The summed E-state index contributed by atoms with van der Waals surface area (Å²) in [5.74, 6) is -0.212. The number of carbonyl (C=O) groups excluding carboxylic acids is 1. The van der Waals surface area contributed by atoms with E-state index in [1.165, 1.54) is 5.56 Å². The number of aryl methyl sites for hydroxylation is 1. The first kappa shape index (κ1) is 20.5. The highest BCUT2D eigenvalue weighted by atomic mass is 32.2. The van der Waals surface area contributed by atoms with Crippen molar-refractivity contribution in [2.45, 2.75) is 19.2 Å². The second-order valence-corrected chi connectivity index (χ2v) is 9.29. The molecular formula is C21H27N3O3S. The molecule has 1 fully saturated rings. The Bertz CT molecular complexity index is 901. The number of piperazine rings is 1. The third-order valence-corrected chi connectivity index (χ3v) is 6.84. The van der Waals surface area contributed by atoms with Crippen molar-refractivity contribution in [3.63, 3.8) is 0 Å². The van der Waals surface area contributed by atoms with Crippen LogP contribution in [0.3, 0.4) is 0 Å². The minimum absolute atomic E-state index is 0.0397. The van der Waals surface area contributed by atoms with Crippen LogP contribution in [0.15, 0.2) is 48.5 Å². The number of amides is 1. The van der Waals surface area contributed by atoms with Crippen molar-refractivity contribution in [1.82, 2.24) is 14.5 Å². The summed E-state index contributed by atoms with van der Waals surface area (Å²) < 4.78 is 26.7. The highest BCUT2D eigenvalue weighted by Gasteiger charge is 2.25. The maximum Gasteiger partial charge on any atom is 0.251 e. The third-order valence-electron chi connectivity index (χ3n) is 4.99. The van der Waals surface area contributed by atoms with Gasteiger partial charge in [0.25, 0.3) is 5.91 Å². The van der Waals surface area contributed by atoms with Crippen molar-refractivity contribution in [3.8, 4) is 0 Å². The summed E-state index contributed by atoms with van der Waals surface area (Å²) in [6.07, 6.45) is 0. The molecule has 0 saturated carbocycles. The van der Waals surface area contributed by atoms with E-state index in [0.717, 1.165) is 18.7 Å². The number of benzene rings is 2. The lowest BCUT2D eigenvalue weighted by atomic mass is 10.1. The Morgan fingerprint density at radius 1 is 0.929 bits per heavy atom. The van der Waals surface area contributed by atoms with Crippen molar-refractivity contribution in [3.05, 3.63) is 70.8 Å². The van der Waals surface area contributed by atoms with Crippen molar-refractivity contribution in [2.75, 3.05) is 33.2 Å². The molecule has 1 aliphatic heterocycles. The monoisotopic (exact) mass is 401 g/mol. The molecule has 6 nitrogen and oxygen atoms in total. The predicted octanol–water partition coefficient (Wildman–Crippen LogP) is 2.00. The quantitative estimate of drug-likeness (QED) is 0.804. The standard InChI is InChI=1S/C21H27N3O3S/c1-17-3-5-18(6-4-17)15-22-21(25)20-9-7-19(8-10-20)16-28(26,27)24-13-11-23(2)12-14-24/h3-10H,11-16H2,1-2H3,(H,22,25). The first-order valence-electron chi connectivity index (χ1n) is 9.42. The molecule has 1 N–H and O–H groups in total. The van der Waals surface area contributed by atoms with Crippen LogP contribution in [0.25, 0.3) is 0 Å². The molecule has 0 aliphatic carbocycles. The van der Waals surface area contributed by atoms with Gasteiger partial charge in [-0.05, 0) is 37.2 Å². The van der Waals surface area contributed by atoms with E-state index in [9.17, 15) is 13.2 Å². The summed E-state index contributed by atoms with van der Waals surface area (Å²) >= 11 is 0. The zero-order valence-electron chi connectivity index (χ0n) is 16.4. The molecular weight excluding hydrogens is 374 g/mol. The van der Waals surface area contributed by atoms with Crippen LogP contribution in [-0.4, -0.2) is 56.8 Å². The lowest BCUT2D eigenvalue weighted by Crippen LogP contribution is -2.47. The van der Waals surface area contributed by atoms with Gasteiger partial charge in [-0.1, -0.05) is 42.0 Å². The Morgan fingerprint density at radius 3 is 2.11 bits per heavy atom. The number of nitrogens with one attached hydrogen (secondary N) is 1. The zero-order chi connectivity index (χ0) is 20.1. The fourth-order valence-electron chi connectivity index (χ4n) is 3.11. The van der Waals surface area contributed by atoms with Crippen LogP contribution in [0, 0.1) is 6.92 Å². The van der Waals surface area contributed by atoms with Crippen molar-refractivity contribution in [2.24, 2.45) is 0 Å². The van der Waals surface area contributed by atoms with Crippen LogP contribution in [0.1, 0.15) is 27.0 Å². The molecule has 1 saturated heterocycles. The largest absolute Gasteiger partial charge is 0.348 e. The van der Waals surface area contributed by atoms with Gasteiger partial charge in [0.1, 0.15) is 0 Å². The van der Waals surface area contributed by atoms with Gasteiger partial charge < -0.3 is 10.2 Å². The fraction of sp³-hybridized carbons (Fsp3) is 0.381. The van der Waals surface area contributed by atoms with E-state index in [2.05, 4.69) is 10.2 Å². The average molecular weight is 402 g/mol. The molecule has 7 heteroatoms. The number of sulfonamides is 1. The first-order valence-corrected chi connectivity index (χ1v) is 11.0. The van der Waals surface area contributed by atoms with Gasteiger partial charge in [-0.3, -0.25) is 4.79 Å². The van der Waals surface area contributed by atoms with Gasteiger partial charge in [-0.2, -0.15) is 4.31 Å². The van der Waals surface area contributed by atoms with Crippen molar-refractivity contribution in [1.29, 1.82) is 0 Å². The van der Waals surface area contributed by atoms with Crippen LogP contribution in [-0.2, 0) is 22.3 Å². The van der Waals surface area contributed by atoms with Crippen molar-refractivity contribution < 1.29 is 13.2 Å². The molecule has 0 unspecified atom stereocenters. The Hall–Kier alpha value is -2.22. The summed E-state index contributed by atoms with van der Waals surface area (Å²) in [6.45, 7) is 5.03. The molecule has 1 heterocycles. The minimum Gasteiger partial charge on any atom is -0.348 e. The van der Waals surface area contributed by atoms with E-state index in [4.69, 9.17) is 0 Å².